The summed E-state index contributed by atoms with van der Waals surface area (Å²) in [6.45, 7) is 11.5. The average Bonchev–Trinajstić information content (AvgIpc) is 2.55. The number of carbonyl (C=O) groups is 1. The van der Waals surface area contributed by atoms with Gasteiger partial charge in [0.1, 0.15) is 5.54 Å². The standard InChI is InChI=1S/C18H34N4O/c1-5-11-22-12-9-18(14-19,10-13-22)21-16(23)15(20)7-8-17(3,4)6-2/h15H,5-13,20H2,1-4H3,(H,21,23). The van der Waals surface area contributed by atoms with Crippen molar-refractivity contribution >= 4 is 5.91 Å². The molecule has 0 aromatic rings. The third-order valence-corrected chi connectivity index (χ3v) is 5.25. The molecule has 0 bridgehead atoms. The lowest BCUT2D eigenvalue weighted by Gasteiger charge is -2.38. The van der Waals surface area contributed by atoms with E-state index in [1.54, 1.807) is 0 Å². The fraction of sp³-hybridized carbons (Fsp3) is 0.889. The van der Waals surface area contributed by atoms with Crippen LogP contribution in [-0.2, 0) is 4.79 Å². The van der Waals surface area contributed by atoms with Gasteiger partial charge in [0.25, 0.3) is 0 Å². The number of rotatable bonds is 8. The molecule has 23 heavy (non-hydrogen) atoms. The summed E-state index contributed by atoms with van der Waals surface area (Å²) in [4.78, 5) is 14.7. The number of piperidine rings is 1. The molecule has 0 saturated carbocycles. The number of likely N-dealkylation sites (tertiary alicyclic amines) is 1. The summed E-state index contributed by atoms with van der Waals surface area (Å²) in [7, 11) is 0. The maximum Gasteiger partial charge on any atom is 0.238 e. The molecule has 1 unspecified atom stereocenters. The van der Waals surface area contributed by atoms with Gasteiger partial charge in [-0.1, -0.05) is 34.1 Å². The number of nitrogens with zero attached hydrogens (tertiary/aromatic N) is 2. The highest BCUT2D eigenvalue weighted by Crippen LogP contribution is 2.27. The Bertz CT molecular complexity index is 419. The Kier molecular flexibility index (Phi) is 7.50. The van der Waals surface area contributed by atoms with Crippen molar-refractivity contribution in [3.05, 3.63) is 0 Å². The van der Waals surface area contributed by atoms with E-state index in [0.29, 0.717) is 19.3 Å². The second-order valence-corrected chi connectivity index (χ2v) is 7.69. The molecule has 1 saturated heterocycles. The van der Waals surface area contributed by atoms with E-state index in [-0.39, 0.29) is 11.3 Å². The molecule has 1 aliphatic heterocycles. The van der Waals surface area contributed by atoms with Gasteiger partial charge in [-0.15, -0.1) is 0 Å². The van der Waals surface area contributed by atoms with Crippen LogP contribution in [0.25, 0.3) is 0 Å². The molecule has 3 N–H and O–H groups in total. The quantitative estimate of drug-likeness (QED) is 0.719. The van der Waals surface area contributed by atoms with Crippen molar-refractivity contribution in [1.82, 2.24) is 10.2 Å². The third-order valence-electron chi connectivity index (χ3n) is 5.25. The number of amides is 1. The highest BCUT2D eigenvalue weighted by molar-refractivity contribution is 5.82. The predicted octanol–water partition coefficient (Wildman–Crippen LogP) is 2.41. The average molecular weight is 322 g/mol. The zero-order valence-corrected chi connectivity index (χ0v) is 15.3. The van der Waals surface area contributed by atoms with E-state index in [4.69, 9.17) is 5.73 Å². The Morgan fingerprint density at radius 3 is 2.48 bits per heavy atom. The summed E-state index contributed by atoms with van der Waals surface area (Å²) in [5.41, 5.74) is 5.52. The molecule has 1 rings (SSSR count). The lowest BCUT2D eigenvalue weighted by molar-refractivity contribution is -0.124. The Labute approximate surface area is 141 Å². The normalized spacial score (nSPS) is 19.8. The molecule has 1 atom stereocenters. The molecule has 0 spiro atoms. The molecule has 0 radical (unpaired) electrons. The number of nitrogens with two attached hydrogens (primary N) is 1. The first-order chi connectivity index (χ1) is 10.8. The SMILES string of the molecule is CCCN1CCC(C#N)(NC(=O)C(N)CCC(C)(C)CC)CC1. The zero-order valence-electron chi connectivity index (χ0n) is 15.3. The van der Waals surface area contributed by atoms with Crippen molar-refractivity contribution in [2.75, 3.05) is 19.6 Å². The van der Waals surface area contributed by atoms with E-state index in [1.165, 1.54) is 0 Å². The molecule has 1 amide bonds. The van der Waals surface area contributed by atoms with Crippen LogP contribution in [0.4, 0.5) is 0 Å². The fourth-order valence-electron chi connectivity index (χ4n) is 2.92. The molecular formula is C18H34N4O. The highest BCUT2D eigenvalue weighted by Gasteiger charge is 2.37. The van der Waals surface area contributed by atoms with Crippen molar-refractivity contribution in [3.8, 4) is 6.07 Å². The monoisotopic (exact) mass is 322 g/mol. The molecular weight excluding hydrogens is 288 g/mol. The molecule has 5 nitrogen and oxygen atoms in total. The molecule has 1 aliphatic rings. The summed E-state index contributed by atoms with van der Waals surface area (Å²) >= 11 is 0. The Hall–Kier alpha value is -1.12. The topological polar surface area (TPSA) is 82.2 Å². The van der Waals surface area contributed by atoms with Gasteiger partial charge in [0, 0.05) is 13.1 Å². The summed E-state index contributed by atoms with van der Waals surface area (Å²) in [6.07, 6.45) is 5.13. The first-order valence-corrected chi connectivity index (χ1v) is 8.99. The minimum absolute atomic E-state index is 0.178. The molecule has 1 heterocycles. The second-order valence-electron chi connectivity index (χ2n) is 7.69. The van der Waals surface area contributed by atoms with Crippen LogP contribution in [0.2, 0.25) is 0 Å². The molecule has 1 fully saturated rings. The lowest BCUT2D eigenvalue weighted by atomic mass is 9.83. The summed E-state index contributed by atoms with van der Waals surface area (Å²) in [5, 5.41) is 12.5. The van der Waals surface area contributed by atoms with E-state index in [0.717, 1.165) is 38.9 Å². The Morgan fingerprint density at radius 2 is 2.00 bits per heavy atom. The predicted molar refractivity (Wildman–Crippen MR) is 93.7 cm³/mol. The lowest BCUT2D eigenvalue weighted by Crippen LogP contribution is -2.57. The molecule has 5 heteroatoms. The second kappa shape index (κ2) is 8.65. The summed E-state index contributed by atoms with van der Waals surface area (Å²) in [5.74, 6) is -0.178. The van der Waals surface area contributed by atoms with Gasteiger partial charge in [-0.3, -0.25) is 4.79 Å². The van der Waals surface area contributed by atoms with E-state index in [2.05, 4.69) is 44.0 Å². The number of carbonyl (C=O) groups excluding carboxylic acids is 1. The van der Waals surface area contributed by atoms with E-state index >= 15 is 0 Å². The van der Waals surface area contributed by atoms with Crippen molar-refractivity contribution in [3.63, 3.8) is 0 Å². The van der Waals surface area contributed by atoms with Gasteiger partial charge in [0.05, 0.1) is 12.1 Å². The maximum atomic E-state index is 12.4. The first-order valence-electron chi connectivity index (χ1n) is 8.99. The minimum atomic E-state index is -0.737. The van der Waals surface area contributed by atoms with Gasteiger partial charge < -0.3 is 16.0 Å². The maximum absolute atomic E-state index is 12.4. The van der Waals surface area contributed by atoms with Crippen LogP contribution in [0, 0.1) is 16.7 Å². The van der Waals surface area contributed by atoms with E-state index in [1.807, 2.05) is 0 Å². The number of nitrogens with one attached hydrogen (secondary N) is 1. The van der Waals surface area contributed by atoms with Gasteiger partial charge in [0.15, 0.2) is 0 Å². The summed E-state index contributed by atoms with van der Waals surface area (Å²) < 4.78 is 0. The molecule has 132 valence electrons. The van der Waals surface area contributed by atoms with Crippen LogP contribution in [0.15, 0.2) is 0 Å². The van der Waals surface area contributed by atoms with Crippen LogP contribution >= 0.6 is 0 Å². The zero-order chi connectivity index (χ0) is 17.5. The van der Waals surface area contributed by atoms with Crippen molar-refractivity contribution < 1.29 is 4.79 Å². The van der Waals surface area contributed by atoms with Gasteiger partial charge >= 0.3 is 0 Å². The third kappa shape index (κ3) is 6.12. The molecule has 0 aromatic carbocycles. The van der Waals surface area contributed by atoms with Gasteiger partial charge in [0.2, 0.25) is 5.91 Å². The van der Waals surface area contributed by atoms with Gasteiger partial charge in [-0.25, -0.2) is 0 Å². The van der Waals surface area contributed by atoms with Crippen molar-refractivity contribution in [1.29, 1.82) is 5.26 Å². The number of hydrogen-bond acceptors (Lipinski definition) is 4. The smallest absolute Gasteiger partial charge is 0.238 e. The number of nitriles is 1. The van der Waals surface area contributed by atoms with Crippen LogP contribution in [0.1, 0.15) is 66.2 Å². The molecule has 0 aromatic heterocycles. The van der Waals surface area contributed by atoms with E-state index < -0.39 is 11.6 Å². The number of hydrogen-bond donors (Lipinski definition) is 2. The Morgan fingerprint density at radius 1 is 1.39 bits per heavy atom. The minimum Gasteiger partial charge on any atom is -0.336 e. The van der Waals surface area contributed by atoms with Crippen LogP contribution in [-0.4, -0.2) is 42.0 Å². The Balaban J connectivity index is 2.52. The van der Waals surface area contributed by atoms with Crippen molar-refractivity contribution in [2.24, 2.45) is 11.1 Å². The van der Waals surface area contributed by atoms with Gasteiger partial charge in [-0.2, -0.15) is 5.26 Å². The van der Waals surface area contributed by atoms with Gasteiger partial charge in [-0.05, 0) is 44.1 Å². The largest absolute Gasteiger partial charge is 0.336 e. The fourth-order valence-corrected chi connectivity index (χ4v) is 2.92. The molecule has 0 aliphatic carbocycles. The van der Waals surface area contributed by atoms with Crippen LogP contribution < -0.4 is 11.1 Å². The summed E-state index contributed by atoms with van der Waals surface area (Å²) in [6, 6.07) is 1.81. The van der Waals surface area contributed by atoms with Crippen molar-refractivity contribution in [2.45, 2.75) is 77.8 Å². The van der Waals surface area contributed by atoms with Crippen LogP contribution in [0.3, 0.4) is 0 Å². The van der Waals surface area contributed by atoms with E-state index in [9.17, 15) is 10.1 Å². The highest BCUT2D eigenvalue weighted by atomic mass is 16.2. The first kappa shape index (κ1) is 19.9. The van der Waals surface area contributed by atoms with Crippen LogP contribution in [0.5, 0.6) is 0 Å².